The zero-order chi connectivity index (χ0) is 17.6. The number of nitrogens with zero attached hydrogens (tertiary/aromatic N) is 1. The highest BCUT2D eigenvalue weighted by Crippen LogP contribution is 2.22. The molecule has 1 atom stereocenters. The van der Waals surface area contributed by atoms with Gasteiger partial charge >= 0.3 is 0 Å². The maximum absolute atomic E-state index is 12.7. The van der Waals surface area contributed by atoms with Crippen LogP contribution in [0.25, 0.3) is 0 Å². The number of rotatable bonds is 6. The standard InChI is InChI=1S/C20H23ClN2O2/c1-25-19-7-3-2-5-16(19)13-22-20(24)18-6-4-12-23(18)14-15-8-10-17(21)11-9-15/h2-3,5,7-11,18H,4,6,12-14H2,1H3,(H,22,24)/t18-/m1/s1. The molecule has 0 aromatic heterocycles. The van der Waals surface area contributed by atoms with Crippen LogP contribution in [0.1, 0.15) is 24.0 Å². The van der Waals surface area contributed by atoms with E-state index in [1.165, 1.54) is 5.56 Å². The summed E-state index contributed by atoms with van der Waals surface area (Å²) in [5, 5.41) is 3.79. The summed E-state index contributed by atoms with van der Waals surface area (Å²) in [5.41, 5.74) is 2.16. The van der Waals surface area contributed by atoms with Crippen molar-refractivity contribution in [3.63, 3.8) is 0 Å². The molecule has 1 N–H and O–H groups in total. The first-order chi connectivity index (χ1) is 12.2. The molecule has 4 nitrogen and oxygen atoms in total. The molecule has 1 amide bonds. The molecule has 25 heavy (non-hydrogen) atoms. The fourth-order valence-corrected chi connectivity index (χ4v) is 3.41. The predicted molar refractivity (Wildman–Crippen MR) is 99.7 cm³/mol. The molecule has 132 valence electrons. The highest BCUT2D eigenvalue weighted by molar-refractivity contribution is 6.30. The number of hydrogen-bond donors (Lipinski definition) is 1. The first-order valence-corrected chi connectivity index (χ1v) is 8.93. The van der Waals surface area contributed by atoms with Crippen LogP contribution in [0.5, 0.6) is 5.75 Å². The second kappa shape index (κ2) is 8.37. The van der Waals surface area contributed by atoms with E-state index in [4.69, 9.17) is 16.3 Å². The third kappa shape index (κ3) is 4.53. The summed E-state index contributed by atoms with van der Waals surface area (Å²) >= 11 is 5.94. The summed E-state index contributed by atoms with van der Waals surface area (Å²) in [4.78, 5) is 14.9. The van der Waals surface area contributed by atoms with Crippen LogP contribution in [0.4, 0.5) is 0 Å². The second-order valence-electron chi connectivity index (χ2n) is 6.28. The number of para-hydroxylation sites is 1. The van der Waals surface area contributed by atoms with Crippen molar-refractivity contribution in [3.8, 4) is 5.75 Å². The lowest BCUT2D eigenvalue weighted by molar-refractivity contribution is -0.125. The Bertz CT molecular complexity index is 718. The average Bonchev–Trinajstić information content (AvgIpc) is 3.10. The quantitative estimate of drug-likeness (QED) is 0.857. The van der Waals surface area contributed by atoms with Crippen LogP contribution < -0.4 is 10.1 Å². The smallest absolute Gasteiger partial charge is 0.237 e. The monoisotopic (exact) mass is 358 g/mol. The number of likely N-dealkylation sites (tertiary alicyclic amines) is 1. The minimum Gasteiger partial charge on any atom is -0.496 e. The highest BCUT2D eigenvalue weighted by Gasteiger charge is 2.30. The summed E-state index contributed by atoms with van der Waals surface area (Å²) in [6.07, 6.45) is 1.94. The number of amides is 1. The molecule has 1 aliphatic rings. The summed E-state index contributed by atoms with van der Waals surface area (Å²) in [7, 11) is 1.64. The fraction of sp³-hybridized carbons (Fsp3) is 0.350. The topological polar surface area (TPSA) is 41.6 Å². The minimum atomic E-state index is -0.0783. The maximum atomic E-state index is 12.7. The first-order valence-electron chi connectivity index (χ1n) is 8.55. The van der Waals surface area contributed by atoms with Gasteiger partial charge in [0.1, 0.15) is 5.75 Å². The van der Waals surface area contributed by atoms with Gasteiger partial charge in [0.25, 0.3) is 0 Å². The van der Waals surface area contributed by atoms with Crippen molar-refractivity contribution in [3.05, 3.63) is 64.7 Å². The minimum absolute atomic E-state index is 0.0783. The number of benzene rings is 2. The number of carbonyl (C=O) groups is 1. The molecule has 0 saturated carbocycles. The van der Waals surface area contributed by atoms with Crippen molar-refractivity contribution < 1.29 is 9.53 Å². The number of ether oxygens (including phenoxy) is 1. The van der Waals surface area contributed by atoms with Gasteiger partial charge < -0.3 is 10.1 Å². The van der Waals surface area contributed by atoms with Crippen molar-refractivity contribution in [2.75, 3.05) is 13.7 Å². The molecule has 5 heteroatoms. The Morgan fingerprint density at radius 3 is 2.76 bits per heavy atom. The van der Waals surface area contributed by atoms with Gasteiger partial charge in [0, 0.05) is 23.7 Å². The maximum Gasteiger partial charge on any atom is 0.237 e. The number of methoxy groups -OCH3 is 1. The van der Waals surface area contributed by atoms with Crippen molar-refractivity contribution in [2.45, 2.75) is 32.0 Å². The Balaban J connectivity index is 1.59. The van der Waals surface area contributed by atoms with Crippen LogP contribution in [-0.2, 0) is 17.9 Å². The van der Waals surface area contributed by atoms with Crippen molar-refractivity contribution >= 4 is 17.5 Å². The van der Waals surface area contributed by atoms with E-state index in [-0.39, 0.29) is 11.9 Å². The molecule has 2 aromatic carbocycles. The zero-order valence-electron chi connectivity index (χ0n) is 14.4. The van der Waals surface area contributed by atoms with E-state index in [0.29, 0.717) is 6.54 Å². The summed E-state index contributed by atoms with van der Waals surface area (Å²) in [6.45, 7) is 2.19. The van der Waals surface area contributed by atoms with Gasteiger partial charge in [-0.25, -0.2) is 0 Å². The lowest BCUT2D eigenvalue weighted by Crippen LogP contribution is -2.42. The van der Waals surface area contributed by atoms with Crippen molar-refractivity contribution in [2.24, 2.45) is 0 Å². The molecule has 1 aliphatic heterocycles. The largest absolute Gasteiger partial charge is 0.496 e. The van der Waals surface area contributed by atoms with Gasteiger partial charge in [-0.1, -0.05) is 41.9 Å². The molecular formula is C20H23ClN2O2. The van der Waals surface area contributed by atoms with E-state index in [1.807, 2.05) is 48.5 Å². The highest BCUT2D eigenvalue weighted by atomic mass is 35.5. The lowest BCUT2D eigenvalue weighted by Gasteiger charge is -2.24. The molecule has 0 bridgehead atoms. The third-order valence-corrected chi connectivity index (χ3v) is 4.86. The number of carbonyl (C=O) groups excluding carboxylic acids is 1. The average molecular weight is 359 g/mol. The van der Waals surface area contributed by atoms with Crippen molar-refractivity contribution in [1.29, 1.82) is 0 Å². The van der Waals surface area contributed by atoms with Crippen LogP contribution in [0, 0.1) is 0 Å². The van der Waals surface area contributed by atoms with E-state index >= 15 is 0 Å². The second-order valence-corrected chi connectivity index (χ2v) is 6.72. The predicted octanol–water partition coefficient (Wildman–Crippen LogP) is 3.63. The Morgan fingerprint density at radius 2 is 2.00 bits per heavy atom. The van der Waals surface area contributed by atoms with Gasteiger partial charge in [0.05, 0.1) is 13.2 Å². The molecule has 0 aliphatic carbocycles. The number of hydrogen-bond acceptors (Lipinski definition) is 3. The van der Waals surface area contributed by atoms with Gasteiger partial charge in [-0.3, -0.25) is 9.69 Å². The Morgan fingerprint density at radius 1 is 1.24 bits per heavy atom. The van der Waals surface area contributed by atoms with Crippen LogP contribution >= 0.6 is 11.6 Å². The van der Waals surface area contributed by atoms with E-state index in [1.54, 1.807) is 7.11 Å². The number of halogens is 1. The normalized spacial score (nSPS) is 17.4. The summed E-state index contributed by atoms with van der Waals surface area (Å²) < 4.78 is 5.34. The zero-order valence-corrected chi connectivity index (χ0v) is 15.1. The van der Waals surface area contributed by atoms with Crippen LogP contribution in [0.15, 0.2) is 48.5 Å². The van der Waals surface area contributed by atoms with E-state index in [0.717, 1.165) is 42.3 Å². The first kappa shape index (κ1) is 17.8. The van der Waals surface area contributed by atoms with Gasteiger partial charge in [-0.2, -0.15) is 0 Å². The summed E-state index contributed by atoms with van der Waals surface area (Å²) in [6, 6.07) is 15.5. The molecule has 3 rings (SSSR count). The van der Waals surface area contributed by atoms with Gasteiger partial charge in [-0.05, 0) is 43.1 Å². The lowest BCUT2D eigenvalue weighted by atomic mass is 10.1. The Hall–Kier alpha value is -2.04. The molecule has 1 heterocycles. The van der Waals surface area contributed by atoms with E-state index < -0.39 is 0 Å². The van der Waals surface area contributed by atoms with Gasteiger partial charge in [-0.15, -0.1) is 0 Å². The van der Waals surface area contributed by atoms with Gasteiger partial charge in [0.2, 0.25) is 5.91 Å². The van der Waals surface area contributed by atoms with E-state index in [9.17, 15) is 4.79 Å². The van der Waals surface area contributed by atoms with Crippen molar-refractivity contribution in [1.82, 2.24) is 10.2 Å². The Labute approximate surface area is 153 Å². The number of nitrogens with one attached hydrogen (secondary N) is 1. The molecule has 0 radical (unpaired) electrons. The SMILES string of the molecule is COc1ccccc1CNC(=O)[C@H]1CCCN1Cc1ccc(Cl)cc1. The Kier molecular flexibility index (Phi) is 5.95. The van der Waals surface area contributed by atoms with E-state index in [2.05, 4.69) is 10.2 Å². The molecular weight excluding hydrogens is 336 g/mol. The van der Waals surface area contributed by atoms with Gasteiger partial charge in [0.15, 0.2) is 0 Å². The molecule has 0 spiro atoms. The van der Waals surface area contributed by atoms with Crippen LogP contribution in [0.3, 0.4) is 0 Å². The third-order valence-electron chi connectivity index (χ3n) is 4.61. The molecule has 0 unspecified atom stereocenters. The molecule has 1 saturated heterocycles. The molecule has 1 fully saturated rings. The van der Waals surface area contributed by atoms with Crippen LogP contribution in [-0.4, -0.2) is 30.5 Å². The van der Waals surface area contributed by atoms with Crippen LogP contribution in [0.2, 0.25) is 5.02 Å². The molecule has 2 aromatic rings. The fourth-order valence-electron chi connectivity index (χ4n) is 3.29. The summed E-state index contributed by atoms with van der Waals surface area (Å²) in [5.74, 6) is 0.879.